The number of carbonyl (C=O) groups excluding carboxylic acids is 2. The molecular formula is C17H26N4O4S. The van der Waals surface area contributed by atoms with E-state index in [4.69, 9.17) is 5.73 Å². The molecule has 8 nitrogen and oxygen atoms in total. The average Bonchev–Trinajstić information content (AvgIpc) is 2.96. The summed E-state index contributed by atoms with van der Waals surface area (Å²) in [6.45, 7) is 6.50. The molecule has 9 heteroatoms. The van der Waals surface area contributed by atoms with Gasteiger partial charge in [-0.15, -0.1) is 0 Å². The molecule has 1 aromatic carbocycles. The van der Waals surface area contributed by atoms with Crippen LogP contribution in [0.25, 0.3) is 0 Å². The van der Waals surface area contributed by atoms with Crippen molar-refractivity contribution >= 4 is 27.5 Å². The van der Waals surface area contributed by atoms with Crippen LogP contribution in [-0.4, -0.2) is 50.8 Å². The summed E-state index contributed by atoms with van der Waals surface area (Å²) in [6.07, 6.45) is 0.805. The maximum atomic E-state index is 12.5. The molecule has 1 aliphatic heterocycles. The first-order valence-corrected chi connectivity index (χ1v) is 9.93. The van der Waals surface area contributed by atoms with E-state index in [1.54, 1.807) is 4.90 Å². The maximum absolute atomic E-state index is 12.5. The number of nitrogens with one attached hydrogen (secondary N) is 2. The second-order valence-electron chi connectivity index (χ2n) is 7.07. The lowest BCUT2D eigenvalue weighted by Crippen LogP contribution is -2.46. The number of benzene rings is 1. The van der Waals surface area contributed by atoms with Crippen LogP contribution in [0.4, 0.5) is 5.69 Å². The van der Waals surface area contributed by atoms with Gasteiger partial charge in [-0.1, -0.05) is 6.92 Å². The molecule has 4 N–H and O–H groups in total. The summed E-state index contributed by atoms with van der Waals surface area (Å²) in [5, 5.41) is 2.57. The van der Waals surface area contributed by atoms with Crippen LogP contribution in [0.3, 0.4) is 0 Å². The third kappa shape index (κ3) is 4.80. The van der Waals surface area contributed by atoms with Crippen LogP contribution in [0.15, 0.2) is 29.2 Å². The molecule has 144 valence electrons. The Kier molecular flexibility index (Phi) is 6.05. The molecule has 1 aromatic rings. The van der Waals surface area contributed by atoms with Crippen LogP contribution in [0.5, 0.6) is 0 Å². The second kappa shape index (κ2) is 7.73. The Bertz CT molecular complexity index is 778. The highest BCUT2D eigenvalue weighted by Crippen LogP contribution is 2.28. The predicted molar refractivity (Wildman–Crippen MR) is 98.9 cm³/mol. The fourth-order valence-corrected chi connectivity index (χ4v) is 4.12. The lowest BCUT2D eigenvalue weighted by atomic mass is 9.90. The van der Waals surface area contributed by atoms with Gasteiger partial charge in [-0.2, -0.15) is 4.72 Å². The van der Waals surface area contributed by atoms with Gasteiger partial charge >= 0.3 is 0 Å². The summed E-state index contributed by atoms with van der Waals surface area (Å²) in [6, 6.07) is 4.87. The van der Waals surface area contributed by atoms with Crippen molar-refractivity contribution in [1.82, 2.24) is 9.62 Å². The summed E-state index contributed by atoms with van der Waals surface area (Å²) < 4.78 is 27.4. The molecule has 1 saturated heterocycles. The topological polar surface area (TPSA) is 122 Å². The number of amides is 2. The number of nitrogens with zero attached hydrogens (tertiary/aromatic N) is 1. The van der Waals surface area contributed by atoms with Crippen molar-refractivity contribution in [2.24, 2.45) is 11.1 Å². The molecule has 0 saturated carbocycles. The number of likely N-dealkylation sites (tertiary alicyclic amines) is 1. The van der Waals surface area contributed by atoms with Crippen LogP contribution in [0.2, 0.25) is 0 Å². The lowest BCUT2D eigenvalue weighted by Gasteiger charge is -2.25. The third-order valence-electron chi connectivity index (χ3n) is 4.55. The highest BCUT2D eigenvalue weighted by atomic mass is 32.2. The monoisotopic (exact) mass is 382 g/mol. The quantitative estimate of drug-likeness (QED) is 0.662. The van der Waals surface area contributed by atoms with E-state index in [0.29, 0.717) is 25.3 Å². The zero-order chi connectivity index (χ0) is 19.5. The fraction of sp³-hybridized carbons (Fsp3) is 0.529. The molecule has 0 bridgehead atoms. The molecule has 0 aromatic heterocycles. The van der Waals surface area contributed by atoms with E-state index in [1.807, 2.05) is 6.92 Å². The number of hydrogen-bond donors (Lipinski definition) is 3. The number of nitrogens with two attached hydrogens (primary N) is 1. The van der Waals surface area contributed by atoms with E-state index >= 15 is 0 Å². The van der Waals surface area contributed by atoms with Crippen LogP contribution in [-0.2, 0) is 19.6 Å². The Hall–Kier alpha value is -1.97. The van der Waals surface area contributed by atoms with E-state index in [0.717, 1.165) is 6.42 Å². The summed E-state index contributed by atoms with van der Waals surface area (Å²) in [5.41, 5.74) is 6.13. The van der Waals surface area contributed by atoms with Crippen LogP contribution < -0.4 is 15.8 Å². The Labute approximate surface area is 154 Å². The van der Waals surface area contributed by atoms with Crippen LogP contribution in [0, 0.1) is 5.41 Å². The number of sulfonamides is 1. The molecule has 2 rings (SSSR count). The van der Waals surface area contributed by atoms with Crippen molar-refractivity contribution in [3.8, 4) is 0 Å². The van der Waals surface area contributed by atoms with E-state index in [-0.39, 0.29) is 22.1 Å². The van der Waals surface area contributed by atoms with E-state index < -0.39 is 16.1 Å². The molecule has 0 spiro atoms. The fourth-order valence-electron chi connectivity index (χ4n) is 2.92. The van der Waals surface area contributed by atoms with Gasteiger partial charge in [0.1, 0.15) is 0 Å². The molecule has 2 amide bonds. The zero-order valence-corrected chi connectivity index (χ0v) is 16.1. The third-order valence-corrected chi connectivity index (χ3v) is 6.11. The van der Waals surface area contributed by atoms with Crippen LogP contribution in [0.1, 0.15) is 27.2 Å². The van der Waals surface area contributed by atoms with Crippen LogP contribution >= 0.6 is 0 Å². The Morgan fingerprint density at radius 1 is 1.31 bits per heavy atom. The van der Waals surface area contributed by atoms with Gasteiger partial charge in [0.2, 0.25) is 21.8 Å². The number of hydrogen-bond acceptors (Lipinski definition) is 5. The van der Waals surface area contributed by atoms with E-state index in [2.05, 4.69) is 10.0 Å². The minimum absolute atomic E-state index is 0.0273. The molecule has 26 heavy (non-hydrogen) atoms. The first kappa shape index (κ1) is 20.3. The molecule has 2 unspecified atom stereocenters. The Morgan fingerprint density at radius 3 is 2.42 bits per heavy atom. The SMILES string of the molecule is CC(=O)Nc1ccc(S(=O)(=O)NC(C)C(=O)N2CCC(C)(CN)C2)cc1. The summed E-state index contributed by atoms with van der Waals surface area (Å²) in [4.78, 5) is 25.2. The predicted octanol–water partition coefficient (Wildman–Crippen LogP) is 0.509. The van der Waals surface area contributed by atoms with Crippen molar-refractivity contribution in [2.75, 3.05) is 25.0 Å². The summed E-state index contributed by atoms with van der Waals surface area (Å²) in [7, 11) is -3.85. The van der Waals surface area contributed by atoms with Gasteiger partial charge < -0.3 is 16.0 Å². The molecule has 2 atom stereocenters. The number of rotatable bonds is 6. The highest BCUT2D eigenvalue weighted by Gasteiger charge is 2.37. The largest absolute Gasteiger partial charge is 0.341 e. The van der Waals surface area contributed by atoms with Gasteiger partial charge in [0.25, 0.3) is 0 Å². The molecule has 1 heterocycles. The zero-order valence-electron chi connectivity index (χ0n) is 15.3. The van der Waals surface area contributed by atoms with Gasteiger partial charge in [-0.3, -0.25) is 9.59 Å². The van der Waals surface area contributed by atoms with Crippen molar-refractivity contribution in [3.05, 3.63) is 24.3 Å². The Balaban J connectivity index is 2.04. The summed E-state index contributed by atoms with van der Waals surface area (Å²) in [5.74, 6) is -0.506. The Morgan fingerprint density at radius 2 is 1.92 bits per heavy atom. The van der Waals surface area contributed by atoms with Crippen molar-refractivity contribution < 1.29 is 18.0 Å². The van der Waals surface area contributed by atoms with Gasteiger partial charge in [0.05, 0.1) is 10.9 Å². The molecule has 0 radical (unpaired) electrons. The minimum atomic E-state index is -3.85. The van der Waals surface area contributed by atoms with Gasteiger partial charge in [-0.25, -0.2) is 8.42 Å². The normalized spacial score (nSPS) is 21.5. The maximum Gasteiger partial charge on any atom is 0.241 e. The van der Waals surface area contributed by atoms with Crippen molar-refractivity contribution in [3.63, 3.8) is 0 Å². The average molecular weight is 382 g/mol. The molecular weight excluding hydrogens is 356 g/mol. The van der Waals surface area contributed by atoms with Gasteiger partial charge in [0, 0.05) is 25.7 Å². The van der Waals surface area contributed by atoms with Gasteiger partial charge in [-0.05, 0) is 49.6 Å². The minimum Gasteiger partial charge on any atom is -0.341 e. The first-order valence-electron chi connectivity index (χ1n) is 8.45. The summed E-state index contributed by atoms with van der Waals surface area (Å²) >= 11 is 0. The van der Waals surface area contributed by atoms with E-state index in [1.165, 1.54) is 38.1 Å². The first-order chi connectivity index (χ1) is 12.1. The lowest BCUT2D eigenvalue weighted by molar-refractivity contribution is -0.131. The van der Waals surface area contributed by atoms with E-state index in [9.17, 15) is 18.0 Å². The standard InChI is InChI=1S/C17H26N4O4S/c1-12(16(23)21-9-8-17(3,10-18)11-21)20-26(24,25)15-6-4-14(5-7-15)19-13(2)22/h4-7,12,20H,8-11,18H2,1-3H3,(H,19,22). The molecule has 0 aliphatic carbocycles. The van der Waals surface area contributed by atoms with Crippen molar-refractivity contribution in [2.45, 2.75) is 38.1 Å². The number of carbonyl (C=O) groups is 2. The number of anilines is 1. The van der Waals surface area contributed by atoms with Gasteiger partial charge in [0.15, 0.2) is 0 Å². The molecule has 1 fully saturated rings. The van der Waals surface area contributed by atoms with Crippen molar-refractivity contribution in [1.29, 1.82) is 0 Å². The molecule has 1 aliphatic rings. The second-order valence-corrected chi connectivity index (χ2v) is 8.79. The smallest absolute Gasteiger partial charge is 0.241 e. The highest BCUT2D eigenvalue weighted by molar-refractivity contribution is 7.89.